The van der Waals surface area contributed by atoms with Gasteiger partial charge in [0.15, 0.2) is 13.1 Å². The number of hydrogen-bond acceptors (Lipinski definition) is 2. The van der Waals surface area contributed by atoms with Gasteiger partial charge in [-0.2, -0.15) is 0 Å². The molecule has 2 amide bonds. The Morgan fingerprint density at radius 2 is 1.52 bits per heavy atom. The average Bonchev–Trinajstić information content (AvgIpc) is 2.74. The Balaban J connectivity index is 1.56. The lowest BCUT2D eigenvalue weighted by atomic mass is 9.99. The number of anilines is 1. The molecule has 0 aliphatic carbocycles. The molecule has 0 radical (unpaired) electrons. The Bertz CT molecular complexity index is 996. The zero-order valence-corrected chi connectivity index (χ0v) is 17.5. The van der Waals surface area contributed by atoms with Gasteiger partial charge in [-0.1, -0.05) is 66.7 Å². The van der Waals surface area contributed by atoms with Crippen LogP contribution in [0.1, 0.15) is 17.2 Å². The number of likely N-dealkylation sites (N-methyl/N-ethyl adjacent to an activating group) is 1. The molecular weight excluding hydrogens is 393 g/mol. The first-order chi connectivity index (χ1) is 15.0. The highest BCUT2D eigenvalue weighted by atomic mass is 19.1. The molecule has 0 saturated carbocycles. The summed E-state index contributed by atoms with van der Waals surface area (Å²) in [6.07, 6.45) is 0.676. The van der Waals surface area contributed by atoms with E-state index in [1.54, 1.807) is 13.1 Å². The molecular formula is C25H27FN3O2+. The number of carbonyl (C=O) groups excluding carboxylic acids is 2. The molecule has 1 unspecified atom stereocenters. The van der Waals surface area contributed by atoms with Gasteiger partial charge >= 0.3 is 0 Å². The fourth-order valence-electron chi connectivity index (χ4n) is 3.41. The molecule has 3 aromatic rings. The van der Waals surface area contributed by atoms with Crippen molar-refractivity contribution in [3.05, 3.63) is 102 Å². The van der Waals surface area contributed by atoms with Crippen molar-refractivity contribution in [2.24, 2.45) is 0 Å². The minimum Gasteiger partial charge on any atom is -0.344 e. The van der Waals surface area contributed by atoms with Gasteiger partial charge in [0.1, 0.15) is 5.82 Å². The third kappa shape index (κ3) is 7.35. The Kier molecular flexibility index (Phi) is 7.90. The van der Waals surface area contributed by atoms with Crippen LogP contribution < -0.4 is 15.5 Å². The van der Waals surface area contributed by atoms with E-state index in [1.165, 1.54) is 18.2 Å². The van der Waals surface area contributed by atoms with E-state index in [0.29, 0.717) is 12.1 Å². The second-order valence-electron chi connectivity index (χ2n) is 7.59. The predicted octanol–water partition coefficient (Wildman–Crippen LogP) is 2.38. The molecule has 0 fully saturated rings. The van der Waals surface area contributed by atoms with Crippen LogP contribution in [0.3, 0.4) is 0 Å². The first kappa shape index (κ1) is 22.2. The van der Waals surface area contributed by atoms with Crippen LogP contribution >= 0.6 is 0 Å². The van der Waals surface area contributed by atoms with Crippen molar-refractivity contribution in [3.8, 4) is 0 Å². The molecule has 3 N–H and O–H groups in total. The van der Waals surface area contributed by atoms with Crippen molar-refractivity contribution in [1.29, 1.82) is 0 Å². The van der Waals surface area contributed by atoms with Crippen LogP contribution in [-0.4, -0.2) is 32.0 Å². The predicted molar refractivity (Wildman–Crippen MR) is 119 cm³/mol. The van der Waals surface area contributed by atoms with Crippen LogP contribution in [0.4, 0.5) is 10.1 Å². The van der Waals surface area contributed by atoms with Crippen LogP contribution in [0.2, 0.25) is 0 Å². The minimum absolute atomic E-state index is 0.0959. The van der Waals surface area contributed by atoms with Gasteiger partial charge in [0, 0.05) is 5.69 Å². The number of benzene rings is 3. The van der Waals surface area contributed by atoms with Crippen LogP contribution in [0.25, 0.3) is 0 Å². The van der Waals surface area contributed by atoms with E-state index < -0.39 is 5.82 Å². The molecule has 0 saturated heterocycles. The number of halogens is 1. The van der Waals surface area contributed by atoms with Gasteiger partial charge < -0.3 is 15.5 Å². The summed E-state index contributed by atoms with van der Waals surface area (Å²) >= 11 is 0. The van der Waals surface area contributed by atoms with Gasteiger partial charge in [0.25, 0.3) is 11.8 Å². The zero-order chi connectivity index (χ0) is 22.1. The number of rotatable bonds is 9. The number of carbonyl (C=O) groups is 2. The summed E-state index contributed by atoms with van der Waals surface area (Å²) in [6, 6.07) is 25.4. The van der Waals surface area contributed by atoms with Gasteiger partial charge in [-0.15, -0.1) is 0 Å². The molecule has 0 aliphatic rings. The highest BCUT2D eigenvalue weighted by Crippen LogP contribution is 2.18. The summed E-state index contributed by atoms with van der Waals surface area (Å²) in [5.74, 6) is -0.830. The Labute approximate surface area is 181 Å². The van der Waals surface area contributed by atoms with Crippen LogP contribution in [0.15, 0.2) is 84.9 Å². The van der Waals surface area contributed by atoms with Crippen LogP contribution in [-0.2, 0) is 16.0 Å². The van der Waals surface area contributed by atoms with Gasteiger partial charge in [-0.05, 0) is 35.7 Å². The maximum Gasteiger partial charge on any atom is 0.279 e. The Morgan fingerprint density at radius 3 is 2.19 bits per heavy atom. The summed E-state index contributed by atoms with van der Waals surface area (Å²) in [6.45, 7) is 0.243. The number of hydrogen-bond donors (Lipinski definition) is 3. The van der Waals surface area contributed by atoms with E-state index >= 15 is 0 Å². The largest absolute Gasteiger partial charge is 0.344 e. The highest BCUT2D eigenvalue weighted by molar-refractivity contribution is 5.91. The van der Waals surface area contributed by atoms with E-state index in [9.17, 15) is 14.0 Å². The van der Waals surface area contributed by atoms with Crippen molar-refractivity contribution >= 4 is 17.5 Å². The molecule has 0 spiro atoms. The van der Waals surface area contributed by atoms with Gasteiger partial charge in [-0.3, -0.25) is 9.59 Å². The fraction of sp³-hybridized carbons (Fsp3) is 0.200. The lowest BCUT2D eigenvalue weighted by molar-refractivity contribution is -0.862. The van der Waals surface area contributed by atoms with Crippen molar-refractivity contribution in [2.75, 3.05) is 25.5 Å². The Hall–Kier alpha value is -3.51. The van der Waals surface area contributed by atoms with E-state index in [2.05, 4.69) is 10.6 Å². The summed E-state index contributed by atoms with van der Waals surface area (Å²) < 4.78 is 13.3. The molecule has 3 aromatic carbocycles. The highest BCUT2D eigenvalue weighted by Gasteiger charge is 2.19. The van der Waals surface area contributed by atoms with Gasteiger partial charge in [0.2, 0.25) is 0 Å². The van der Waals surface area contributed by atoms with E-state index in [4.69, 9.17) is 0 Å². The monoisotopic (exact) mass is 420 g/mol. The van der Waals surface area contributed by atoms with E-state index in [1.807, 2.05) is 60.7 Å². The lowest BCUT2D eigenvalue weighted by Gasteiger charge is -2.21. The molecule has 0 heterocycles. The summed E-state index contributed by atoms with van der Waals surface area (Å²) in [5.41, 5.74) is 2.56. The molecule has 5 nitrogen and oxygen atoms in total. The molecule has 0 aliphatic heterocycles. The van der Waals surface area contributed by atoms with Crippen molar-refractivity contribution in [3.63, 3.8) is 0 Å². The normalized spacial score (nSPS) is 12.6. The summed E-state index contributed by atoms with van der Waals surface area (Å²) in [4.78, 5) is 25.6. The Morgan fingerprint density at radius 1 is 0.871 bits per heavy atom. The molecule has 0 aromatic heterocycles. The fourth-order valence-corrected chi connectivity index (χ4v) is 3.41. The second-order valence-corrected chi connectivity index (χ2v) is 7.59. The molecule has 6 heteroatoms. The first-order valence-corrected chi connectivity index (χ1v) is 10.2. The van der Waals surface area contributed by atoms with E-state index in [0.717, 1.165) is 16.0 Å². The molecule has 0 bridgehead atoms. The maximum atomic E-state index is 13.3. The number of amides is 2. The molecule has 2 atom stereocenters. The molecule has 31 heavy (non-hydrogen) atoms. The first-order valence-electron chi connectivity index (χ1n) is 10.2. The minimum atomic E-state index is -0.414. The summed E-state index contributed by atoms with van der Waals surface area (Å²) in [7, 11) is 1.78. The third-order valence-electron chi connectivity index (χ3n) is 4.85. The number of quaternary nitrogens is 1. The van der Waals surface area contributed by atoms with Gasteiger partial charge in [0.05, 0.1) is 13.1 Å². The average molecular weight is 421 g/mol. The van der Waals surface area contributed by atoms with Crippen molar-refractivity contribution in [1.82, 2.24) is 5.32 Å². The van der Waals surface area contributed by atoms with Crippen molar-refractivity contribution < 1.29 is 18.9 Å². The summed E-state index contributed by atoms with van der Waals surface area (Å²) in [5, 5.41) is 5.76. The lowest BCUT2D eigenvalue weighted by Crippen LogP contribution is -3.11. The standard InChI is InChI=1S/C25H26FN3O2/c1-29(17-24(30)27-22-14-8-13-21(26)16-22)18-25(31)28-23(20-11-6-3-7-12-20)15-19-9-4-2-5-10-19/h2-14,16,23H,15,17-18H2,1H3,(H,27,30)(H,28,31)/p+1/t23-/m0/s1. The smallest absolute Gasteiger partial charge is 0.279 e. The van der Waals surface area contributed by atoms with Crippen molar-refractivity contribution in [2.45, 2.75) is 12.5 Å². The molecule has 3 rings (SSSR count). The second kappa shape index (κ2) is 11.0. The molecule has 160 valence electrons. The van der Waals surface area contributed by atoms with Gasteiger partial charge in [-0.25, -0.2) is 4.39 Å². The number of nitrogens with one attached hydrogen (secondary N) is 3. The van der Waals surface area contributed by atoms with Crippen LogP contribution in [0.5, 0.6) is 0 Å². The van der Waals surface area contributed by atoms with E-state index in [-0.39, 0.29) is 30.9 Å². The van der Waals surface area contributed by atoms with Crippen LogP contribution in [0, 0.1) is 5.82 Å². The quantitative estimate of drug-likeness (QED) is 0.498. The maximum absolute atomic E-state index is 13.3. The third-order valence-corrected chi connectivity index (χ3v) is 4.85. The zero-order valence-electron chi connectivity index (χ0n) is 17.5. The topological polar surface area (TPSA) is 62.6 Å². The SMILES string of the molecule is C[NH+](CC(=O)Nc1cccc(F)c1)CC(=O)N[C@@H](Cc1ccccc1)c1ccccc1.